The van der Waals surface area contributed by atoms with Gasteiger partial charge in [0.15, 0.2) is 11.0 Å². The zero-order chi connectivity index (χ0) is 20.1. The second kappa shape index (κ2) is 9.07. The summed E-state index contributed by atoms with van der Waals surface area (Å²) < 4.78 is 12.6. The first kappa shape index (κ1) is 20.2. The zero-order valence-electron chi connectivity index (χ0n) is 16.5. The lowest BCUT2D eigenvalue weighted by Gasteiger charge is -2.12. The molecular formula is C20H24N4O3S. The van der Waals surface area contributed by atoms with Crippen LogP contribution in [0.5, 0.6) is 0 Å². The van der Waals surface area contributed by atoms with Crippen molar-refractivity contribution in [1.29, 1.82) is 0 Å². The van der Waals surface area contributed by atoms with E-state index in [1.165, 1.54) is 11.8 Å². The third-order valence-electron chi connectivity index (χ3n) is 4.41. The van der Waals surface area contributed by atoms with Gasteiger partial charge in [-0.05, 0) is 38.0 Å². The molecule has 7 nitrogen and oxygen atoms in total. The van der Waals surface area contributed by atoms with Crippen molar-refractivity contribution in [3.05, 3.63) is 47.4 Å². The molecule has 0 bridgehead atoms. The zero-order valence-corrected chi connectivity index (χ0v) is 17.3. The molecule has 0 radical (unpaired) electrons. The summed E-state index contributed by atoms with van der Waals surface area (Å²) in [4.78, 5) is 12.5. The van der Waals surface area contributed by atoms with Gasteiger partial charge in [0.1, 0.15) is 5.76 Å². The van der Waals surface area contributed by atoms with Crippen LogP contribution in [-0.4, -0.2) is 40.1 Å². The number of nitrogens with zero attached hydrogens (tertiary/aromatic N) is 3. The Bertz CT molecular complexity index is 944. The van der Waals surface area contributed by atoms with Crippen LogP contribution >= 0.6 is 11.8 Å². The molecule has 8 heteroatoms. The van der Waals surface area contributed by atoms with Gasteiger partial charge in [-0.3, -0.25) is 9.36 Å². The number of rotatable bonds is 8. The Morgan fingerprint density at radius 3 is 2.61 bits per heavy atom. The maximum absolute atomic E-state index is 12.5. The average Bonchev–Trinajstić information content (AvgIpc) is 3.26. The molecule has 0 atom stereocenters. The summed E-state index contributed by atoms with van der Waals surface area (Å²) in [5, 5.41) is 12.3. The molecule has 0 fully saturated rings. The minimum Gasteiger partial charge on any atom is -0.469 e. The predicted molar refractivity (Wildman–Crippen MR) is 110 cm³/mol. The van der Waals surface area contributed by atoms with Crippen LogP contribution in [0.2, 0.25) is 0 Å². The van der Waals surface area contributed by atoms with Gasteiger partial charge in [-0.2, -0.15) is 0 Å². The number of ether oxygens (including phenoxy) is 1. The van der Waals surface area contributed by atoms with E-state index in [2.05, 4.69) is 15.5 Å². The van der Waals surface area contributed by atoms with E-state index in [-0.39, 0.29) is 11.7 Å². The van der Waals surface area contributed by atoms with E-state index < -0.39 is 0 Å². The van der Waals surface area contributed by atoms with Crippen molar-refractivity contribution >= 4 is 23.4 Å². The van der Waals surface area contributed by atoms with E-state index in [9.17, 15) is 4.79 Å². The molecule has 2 heterocycles. The number of hydrogen-bond donors (Lipinski definition) is 1. The van der Waals surface area contributed by atoms with E-state index in [0.717, 1.165) is 28.1 Å². The molecule has 0 spiro atoms. The van der Waals surface area contributed by atoms with Gasteiger partial charge in [-0.15, -0.1) is 10.2 Å². The number of furan rings is 1. The Labute approximate surface area is 168 Å². The van der Waals surface area contributed by atoms with Gasteiger partial charge in [0, 0.05) is 12.8 Å². The lowest BCUT2D eigenvalue weighted by Crippen LogP contribution is -2.16. The third-order valence-corrected chi connectivity index (χ3v) is 5.38. The Kier molecular flexibility index (Phi) is 6.53. The largest absolute Gasteiger partial charge is 0.469 e. The van der Waals surface area contributed by atoms with E-state index in [4.69, 9.17) is 9.15 Å². The highest BCUT2D eigenvalue weighted by Gasteiger charge is 2.18. The van der Waals surface area contributed by atoms with E-state index >= 15 is 0 Å². The summed E-state index contributed by atoms with van der Waals surface area (Å²) in [6.07, 6.45) is 1.63. The van der Waals surface area contributed by atoms with Crippen molar-refractivity contribution in [1.82, 2.24) is 14.8 Å². The van der Waals surface area contributed by atoms with Crippen molar-refractivity contribution in [2.75, 3.05) is 24.8 Å². The van der Waals surface area contributed by atoms with Crippen LogP contribution in [0.25, 0.3) is 11.4 Å². The minimum atomic E-state index is -0.0790. The molecule has 2 aromatic heterocycles. The monoisotopic (exact) mass is 400 g/mol. The average molecular weight is 401 g/mol. The summed E-state index contributed by atoms with van der Waals surface area (Å²) in [7, 11) is 1.65. The number of nitrogens with one attached hydrogen (secondary N) is 1. The molecule has 0 unspecified atom stereocenters. The van der Waals surface area contributed by atoms with E-state index in [0.29, 0.717) is 24.1 Å². The fraction of sp³-hybridized carbons (Fsp3) is 0.350. The Morgan fingerprint density at radius 1 is 1.21 bits per heavy atom. The number of aromatic nitrogens is 3. The molecule has 0 saturated heterocycles. The molecule has 3 aromatic rings. The third kappa shape index (κ3) is 4.45. The molecule has 1 aromatic carbocycles. The summed E-state index contributed by atoms with van der Waals surface area (Å²) in [5.74, 6) is 1.64. The first-order chi connectivity index (χ1) is 13.5. The number of para-hydroxylation sites is 1. The SMILES string of the molecule is COCCn1c(SCC(=O)Nc2c(C)cccc2C)nnc1-c1ccoc1C. The van der Waals surface area contributed by atoms with Crippen LogP contribution in [-0.2, 0) is 16.1 Å². The van der Waals surface area contributed by atoms with Crippen molar-refractivity contribution in [2.45, 2.75) is 32.5 Å². The summed E-state index contributed by atoms with van der Waals surface area (Å²) >= 11 is 1.35. The molecule has 1 amide bonds. The topological polar surface area (TPSA) is 82.2 Å². The first-order valence-corrected chi connectivity index (χ1v) is 9.95. The highest BCUT2D eigenvalue weighted by Crippen LogP contribution is 2.27. The van der Waals surface area contributed by atoms with Gasteiger partial charge >= 0.3 is 0 Å². The molecule has 1 N–H and O–H groups in total. The van der Waals surface area contributed by atoms with Crippen LogP contribution in [0.15, 0.2) is 40.1 Å². The lowest BCUT2D eigenvalue weighted by molar-refractivity contribution is -0.113. The lowest BCUT2D eigenvalue weighted by atomic mass is 10.1. The maximum atomic E-state index is 12.5. The van der Waals surface area contributed by atoms with Crippen LogP contribution in [0, 0.1) is 20.8 Å². The van der Waals surface area contributed by atoms with Crippen molar-refractivity contribution in [3.8, 4) is 11.4 Å². The molecule has 0 aliphatic carbocycles. The summed E-state index contributed by atoms with van der Waals surface area (Å²) in [5.41, 5.74) is 3.83. The molecule has 148 valence electrons. The Balaban J connectivity index is 1.74. The van der Waals surface area contributed by atoms with Gasteiger partial charge in [-0.1, -0.05) is 30.0 Å². The molecule has 28 heavy (non-hydrogen) atoms. The smallest absolute Gasteiger partial charge is 0.234 e. The number of hydrogen-bond acceptors (Lipinski definition) is 6. The number of methoxy groups -OCH3 is 1. The van der Waals surface area contributed by atoms with Crippen molar-refractivity contribution in [3.63, 3.8) is 0 Å². The fourth-order valence-electron chi connectivity index (χ4n) is 2.91. The number of amides is 1. The normalized spacial score (nSPS) is 11.0. The Hall–Kier alpha value is -2.58. The second-order valence-electron chi connectivity index (χ2n) is 6.44. The van der Waals surface area contributed by atoms with Gasteiger partial charge in [0.2, 0.25) is 5.91 Å². The number of aryl methyl sites for hydroxylation is 3. The summed E-state index contributed by atoms with van der Waals surface area (Å²) in [6, 6.07) is 7.81. The molecular weight excluding hydrogens is 376 g/mol. The minimum absolute atomic E-state index is 0.0790. The molecule has 0 aliphatic heterocycles. The highest BCUT2D eigenvalue weighted by atomic mass is 32.2. The molecule has 3 rings (SSSR count). The number of carbonyl (C=O) groups is 1. The van der Waals surface area contributed by atoms with E-state index in [1.807, 2.05) is 49.6 Å². The van der Waals surface area contributed by atoms with Gasteiger partial charge in [0.05, 0.1) is 30.7 Å². The maximum Gasteiger partial charge on any atom is 0.234 e. The van der Waals surface area contributed by atoms with Crippen LogP contribution < -0.4 is 5.32 Å². The predicted octanol–water partition coefficient (Wildman–Crippen LogP) is 3.84. The molecule has 0 aliphatic rings. The number of benzene rings is 1. The number of thioether (sulfide) groups is 1. The van der Waals surface area contributed by atoms with Gasteiger partial charge < -0.3 is 14.5 Å². The quantitative estimate of drug-likeness (QED) is 0.579. The van der Waals surface area contributed by atoms with E-state index in [1.54, 1.807) is 13.4 Å². The van der Waals surface area contributed by atoms with Crippen LogP contribution in [0.3, 0.4) is 0 Å². The van der Waals surface area contributed by atoms with Crippen molar-refractivity contribution < 1.29 is 13.9 Å². The highest BCUT2D eigenvalue weighted by molar-refractivity contribution is 7.99. The fourth-order valence-corrected chi connectivity index (χ4v) is 3.68. The van der Waals surface area contributed by atoms with Gasteiger partial charge in [-0.25, -0.2) is 0 Å². The standard InChI is InChI=1S/C20H24N4O3S/c1-13-6-5-7-14(2)18(13)21-17(25)12-28-20-23-22-19(24(20)9-11-26-4)16-8-10-27-15(16)3/h5-8,10H,9,11-12H2,1-4H3,(H,21,25). The van der Waals surface area contributed by atoms with Crippen LogP contribution in [0.4, 0.5) is 5.69 Å². The summed E-state index contributed by atoms with van der Waals surface area (Å²) in [6.45, 7) is 6.96. The number of anilines is 1. The number of carbonyl (C=O) groups excluding carboxylic acids is 1. The van der Waals surface area contributed by atoms with Crippen molar-refractivity contribution in [2.24, 2.45) is 0 Å². The van der Waals surface area contributed by atoms with Crippen LogP contribution in [0.1, 0.15) is 16.9 Å². The molecule has 0 saturated carbocycles. The van der Waals surface area contributed by atoms with Gasteiger partial charge in [0.25, 0.3) is 0 Å². The second-order valence-corrected chi connectivity index (χ2v) is 7.39. The first-order valence-electron chi connectivity index (χ1n) is 8.96. The Morgan fingerprint density at radius 2 is 1.96 bits per heavy atom.